The third kappa shape index (κ3) is 4.32. The Morgan fingerprint density at radius 2 is 1.73 bits per heavy atom. The van der Waals surface area contributed by atoms with Gasteiger partial charge in [-0.1, -0.05) is 12.1 Å². The first-order chi connectivity index (χ1) is 12.5. The van der Waals surface area contributed by atoms with E-state index in [2.05, 4.69) is 20.6 Å². The molecule has 2 aromatic carbocycles. The molecule has 1 aromatic heterocycles. The predicted octanol–water partition coefficient (Wildman–Crippen LogP) is 3.99. The van der Waals surface area contributed by atoms with E-state index in [1.807, 2.05) is 43.3 Å². The van der Waals surface area contributed by atoms with E-state index in [4.69, 9.17) is 0 Å². The molecule has 0 saturated heterocycles. The number of anilines is 3. The van der Waals surface area contributed by atoms with Gasteiger partial charge >= 0.3 is 6.03 Å². The average molecular weight is 351 g/mol. The fourth-order valence-corrected chi connectivity index (χ4v) is 2.31. The van der Waals surface area contributed by atoms with Crippen molar-refractivity contribution in [2.24, 2.45) is 0 Å². The van der Waals surface area contributed by atoms with Crippen LogP contribution in [0.5, 0.6) is 0 Å². The molecule has 6 nitrogen and oxygen atoms in total. The Balaban J connectivity index is 1.74. The molecule has 0 spiro atoms. The SMILES string of the molecule is CN(C)c1nccc(-c2cccc(NC(=O)Nc3ccc(F)cc3)c2)n1. The number of urea groups is 1. The monoisotopic (exact) mass is 351 g/mol. The van der Waals surface area contributed by atoms with Gasteiger partial charge in [-0.15, -0.1) is 0 Å². The van der Waals surface area contributed by atoms with Gasteiger partial charge in [0.25, 0.3) is 0 Å². The molecule has 26 heavy (non-hydrogen) atoms. The minimum absolute atomic E-state index is 0.356. The second-order valence-electron chi connectivity index (χ2n) is 5.80. The number of benzene rings is 2. The lowest BCUT2D eigenvalue weighted by molar-refractivity contribution is 0.262. The Morgan fingerprint density at radius 3 is 2.46 bits per heavy atom. The van der Waals surface area contributed by atoms with Crippen molar-refractivity contribution in [3.63, 3.8) is 0 Å². The summed E-state index contributed by atoms with van der Waals surface area (Å²) in [6.07, 6.45) is 1.69. The van der Waals surface area contributed by atoms with Crippen LogP contribution in [-0.2, 0) is 0 Å². The summed E-state index contributed by atoms with van der Waals surface area (Å²) < 4.78 is 12.9. The molecule has 0 fully saturated rings. The van der Waals surface area contributed by atoms with E-state index in [1.165, 1.54) is 24.3 Å². The van der Waals surface area contributed by atoms with Crippen LogP contribution in [0.15, 0.2) is 60.8 Å². The van der Waals surface area contributed by atoms with Crippen LogP contribution in [0.2, 0.25) is 0 Å². The van der Waals surface area contributed by atoms with Crippen molar-refractivity contribution in [2.75, 3.05) is 29.6 Å². The highest BCUT2D eigenvalue weighted by atomic mass is 19.1. The maximum atomic E-state index is 12.9. The van der Waals surface area contributed by atoms with Gasteiger partial charge in [0.2, 0.25) is 5.95 Å². The van der Waals surface area contributed by atoms with Gasteiger partial charge in [-0.2, -0.15) is 0 Å². The van der Waals surface area contributed by atoms with Gasteiger partial charge in [-0.05, 0) is 42.5 Å². The Kier molecular flexibility index (Phi) is 5.07. The predicted molar refractivity (Wildman–Crippen MR) is 101 cm³/mol. The van der Waals surface area contributed by atoms with Crippen molar-refractivity contribution >= 4 is 23.4 Å². The lowest BCUT2D eigenvalue weighted by atomic mass is 10.1. The molecule has 0 aliphatic rings. The average Bonchev–Trinajstić information content (AvgIpc) is 2.64. The van der Waals surface area contributed by atoms with Crippen molar-refractivity contribution in [3.8, 4) is 11.3 Å². The number of rotatable bonds is 4. The first-order valence-corrected chi connectivity index (χ1v) is 7.95. The van der Waals surface area contributed by atoms with E-state index in [9.17, 15) is 9.18 Å². The summed E-state index contributed by atoms with van der Waals surface area (Å²) in [7, 11) is 3.74. The van der Waals surface area contributed by atoms with Crippen molar-refractivity contribution < 1.29 is 9.18 Å². The number of carbonyl (C=O) groups is 1. The highest BCUT2D eigenvalue weighted by molar-refractivity contribution is 6.00. The molecule has 3 aromatic rings. The Morgan fingerprint density at radius 1 is 1.00 bits per heavy atom. The van der Waals surface area contributed by atoms with Crippen molar-refractivity contribution in [2.45, 2.75) is 0 Å². The third-order valence-corrected chi connectivity index (χ3v) is 3.56. The van der Waals surface area contributed by atoms with E-state index < -0.39 is 6.03 Å². The molecule has 2 N–H and O–H groups in total. The zero-order valence-corrected chi connectivity index (χ0v) is 14.4. The van der Waals surface area contributed by atoms with Gasteiger partial charge < -0.3 is 15.5 Å². The number of aromatic nitrogens is 2. The summed E-state index contributed by atoms with van der Waals surface area (Å²) in [5, 5.41) is 5.41. The summed E-state index contributed by atoms with van der Waals surface area (Å²) in [5.41, 5.74) is 2.74. The largest absolute Gasteiger partial charge is 0.347 e. The van der Waals surface area contributed by atoms with Gasteiger partial charge in [0.15, 0.2) is 0 Å². The van der Waals surface area contributed by atoms with E-state index in [1.54, 1.807) is 12.3 Å². The normalized spacial score (nSPS) is 10.3. The van der Waals surface area contributed by atoms with E-state index in [0.29, 0.717) is 17.3 Å². The first kappa shape index (κ1) is 17.3. The van der Waals surface area contributed by atoms with Crippen molar-refractivity contribution in [1.29, 1.82) is 0 Å². The highest BCUT2D eigenvalue weighted by Gasteiger charge is 2.07. The lowest BCUT2D eigenvalue weighted by Crippen LogP contribution is -2.19. The summed E-state index contributed by atoms with van der Waals surface area (Å²) in [6.45, 7) is 0. The number of halogens is 1. The van der Waals surface area contributed by atoms with Gasteiger partial charge in [0, 0.05) is 37.2 Å². The second-order valence-corrected chi connectivity index (χ2v) is 5.80. The first-order valence-electron chi connectivity index (χ1n) is 7.95. The van der Waals surface area contributed by atoms with Crippen LogP contribution in [0.3, 0.4) is 0 Å². The molecular weight excluding hydrogens is 333 g/mol. The number of carbonyl (C=O) groups excluding carboxylic acids is 1. The van der Waals surface area contributed by atoms with Crippen molar-refractivity contribution in [3.05, 3.63) is 66.6 Å². The van der Waals surface area contributed by atoms with Gasteiger partial charge in [-0.3, -0.25) is 0 Å². The molecule has 7 heteroatoms. The second kappa shape index (κ2) is 7.60. The molecule has 132 valence electrons. The molecule has 0 unspecified atom stereocenters. The number of nitrogens with one attached hydrogen (secondary N) is 2. The number of hydrogen-bond acceptors (Lipinski definition) is 4. The molecule has 3 rings (SSSR count). The summed E-state index contributed by atoms with van der Waals surface area (Å²) >= 11 is 0. The van der Waals surface area contributed by atoms with Gasteiger partial charge in [0.05, 0.1) is 5.69 Å². The molecule has 0 radical (unpaired) electrons. The Hall–Kier alpha value is -3.48. The maximum Gasteiger partial charge on any atom is 0.323 e. The van der Waals surface area contributed by atoms with E-state index >= 15 is 0 Å². The topological polar surface area (TPSA) is 70.2 Å². The zero-order valence-electron chi connectivity index (χ0n) is 14.4. The Bertz CT molecular complexity index is 912. The van der Waals surface area contributed by atoms with Crippen LogP contribution in [-0.4, -0.2) is 30.1 Å². The van der Waals surface area contributed by atoms with Crippen LogP contribution >= 0.6 is 0 Å². The van der Waals surface area contributed by atoms with Crippen LogP contribution in [0.1, 0.15) is 0 Å². The lowest BCUT2D eigenvalue weighted by Gasteiger charge is -2.12. The van der Waals surface area contributed by atoms with Crippen LogP contribution in [0, 0.1) is 5.82 Å². The molecule has 0 atom stereocenters. The standard InChI is InChI=1S/C19H18FN5O/c1-25(2)18-21-11-10-17(24-18)13-4-3-5-16(12-13)23-19(26)22-15-8-6-14(20)7-9-15/h3-12H,1-2H3,(H2,22,23,26). The van der Waals surface area contributed by atoms with Crippen LogP contribution in [0.4, 0.5) is 26.5 Å². The highest BCUT2D eigenvalue weighted by Crippen LogP contribution is 2.22. The maximum absolute atomic E-state index is 12.9. The fourth-order valence-electron chi connectivity index (χ4n) is 2.31. The van der Waals surface area contributed by atoms with Gasteiger partial charge in [0.1, 0.15) is 5.82 Å². The summed E-state index contributed by atoms with van der Waals surface area (Å²) in [6, 6.07) is 14.3. The molecule has 0 saturated carbocycles. The van der Waals surface area contributed by atoms with Gasteiger partial charge in [-0.25, -0.2) is 19.2 Å². The smallest absolute Gasteiger partial charge is 0.323 e. The molecule has 0 aliphatic heterocycles. The number of amides is 2. The molecular formula is C19H18FN5O. The fraction of sp³-hybridized carbons (Fsp3) is 0.105. The van der Waals surface area contributed by atoms with E-state index in [-0.39, 0.29) is 5.82 Å². The molecule has 0 bridgehead atoms. The van der Waals surface area contributed by atoms with E-state index in [0.717, 1.165) is 11.3 Å². The Labute approximate surface area is 150 Å². The number of nitrogens with zero attached hydrogens (tertiary/aromatic N) is 3. The summed E-state index contributed by atoms with van der Waals surface area (Å²) in [4.78, 5) is 22.6. The molecule has 0 aliphatic carbocycles. The minimum Gasteiger partial charge on any atom is -0.347 e. The summed E-state index contributed by atoms with van der Waals surface area (Å²) in [5.74, 6) is 0.250. The zero-order chi connectivity index (χ0) is 18.5. The minimum atomic E-state index is -0.412. The molecule has 2 amide bonds. The van der Waals surface area contributed by atoms with Crippen LogP contribution in [0.25, 0.3) is 11.3 Å². The van der Waals surface area contributed by atoms with Crippen molar-refractivity contribution in [1.82, 2.24) is 9.97 Å². The third-order valence-electron chi connectivity index (χ3n) is 3.56. The van der Waals surface area contributed by atoms with Crippen LogP contribution < -0.4 is 15.5 Å². The number of hydrogen-bond donors (Lipinski definition) is 2. The quantitative estimate of drug-likeness (QED) is 0.746. The molecule has 1 heterocycles.